The number of rotatable bonds is 2. The average molecular weight is 271 g/mol. The van der Waals surface area contributed by atoms with E-state index in [0.717, 1.165) is 32.4 Å². The molecule has 1 aromatic rings. The Kier molecular flexibility index (Phi) is 3.83. The van der Waals surface area contributed by atoms with Gasteiger partial charge in [-0.05, 0) is 38.5 Å². The highest BCUT2D eigenvalue weighted by Gasteiger charge is 2.33. The van der Waals surface area contributed by atoms with Crippen molar-refractivity contribution in [2.75, 3.05) is 20.1 Å². The normalized spacial score (nSPS) is 24.2. The highest BCUT2D eigenvalue weighted by atomic mass is 16.2. The van der Waals surface area contributed by atoms with E-state index >= 15 is 0 Å². The molecule has 0 radical (unpaired) electrons. The molecule has 4 nitrogen and oxygen atoms in total. The maximum atomic E-state index is 12.7. The van der Waals surface area contributed by atoms with Gasteiger partial charge in [-0.25, -0.2) is 5.01 Å². The van der Waals surface area contributed by atoms with E-state index in [1.165, 1.54) is 5.56 Å². The molecule has 0 saturated carbocycles. The summed E-state index contributed by atoms with van der Waals surface area (Å²) < 4.78 is 0. The Balaban J connectivity index is 1.72. The second-order valence-electron chi connectivity index (χ2n) is 5.72. The van der Waals surface area contributed by atoms with Gasteiger partial charge in [0.1, 0.15) is 0 Å². The summed E-state index contributed by atoms with van der Waals surface area (Å²) in [6.07, 6.45) is 4.58. The Bertz CT molecular complexity index is 492. The fourth-order valence-electron chi connectivity index (χ4n) is 3.02. The molecule has 0 aromatic heterocycles. The fraction of sp³-hybridized carbons (Fsp3) is 0.500. The van der Waals surface area contributed by atoms with E-state index in [0.29, 0.717) is 0 Å². The van der Waals surface area contributed by atoms with Crippen LogP contribution in [0.15, 0.2) is 35.4 Å². The Morgan fingerprint density at radius 3 is 2.60 bits per heavy atom. The number of carbonyl (C=O) groups is 1. The standard InChI is InChI=1S/C16H21N3O/c1-18-11-8-14(9-12-18)16(20)19-15(7-10-17-19)13-5-3-2-4-6-13/h2-6,10,14-15H,7-9,11-12H2,1H3. The maximum Gasteiger partial charge on any atom is 0.246 e. The van der Waals surface area contributed by atoms with E-state index < -0.39 is 0 Å². The maximum absolute atomic E-state index is 12.7. The first kappa shape index (κ1) is 13.3. The number of carbonyl (C=O) groups excluding carboxylic acids is 1. The van der Waals surface area contributed by atoms with Crippen LogP contribution in [-0.4, -0.2) is 42.2 Å². The van der Waals surface area contributed by atoms with Crippen molar-refractivity contribution in [3.63, 3.8) is 0 Å². The number of hydrazone groups is 1. The molecule has 0 bridgehead atoms. The summed E-state index contributed by atoms with van der Waals surface area (Å²) in [4.78, 5) is 15.0. The lowest BCUT2D eigenvalue weighted by atomic mass is 9.95. The van der Waals surface area contributed by atoms with Gasteiger partial charge in [0.25, 0.3) is 0 Å². The van der Waals surface area contributed by atoms with Crippen molar-refractivity contribution in [1.82, 2.24) is 9.91 Å². The van der Waals surface area contributed by atoms with Crippen LogP contribution in [-0.2, 0) is 4.79 Å². The minimum absolute atomic E-state index is 0.0864. The molecule has 0 spiro atoms. The van der Waals surface area contributed by atoms with Crippen LogP contribution >= 0.6 is 0 Å². The number of hydrogen-bond donors (Lipinski definition) is 0. The van der Waals surface area contributed by atoms with E-state index in [4.69, 9.17) is 0 Å². The van der Waals surface area contributed by atoms with E-state index in [1.807, 2.05) is 24.4 Å². The zero-order chi connectivity index (χ0) is 13.9. The van der Waals surface area contributed by atoms with Gasteiger partial charge in [0.2, 0.25) is 5.91 Å². The summed E-state index contributed by atoms with van der Waals surface area (Å²) in [5, 5.41) is 6.05. The van der Waals surface area contributed by atoms with Crippen LogP contribution in [0.2, 0.25) is 0 Å². The smallest absolute Gasteiger partial charge is 0.246 e. The molecule has 4 heteroatoms. The molecule has 106 valence electrons. The predicted molar refractivity (Wildman–Crippen MR) is 79.4 cm³/mol. The molecule has 1 fully saturated rings. The van der Waals surface area contributed by atoms with Gasteiger partial charge in [-0.3, -0.25) is 4.79 Å². The molecule has 1 aromatic carbocycles. The van der Waals surface area contributed by atoms with Crippen LogP contribution in [0, 0.1) is 5.92 Å². The van der Waals surface area contributed by atoms with Crippen LogP contribution < -0.4 is 0 Å². The van der Waals surface area contributed by atoms with Crippen LogP contribution in [0.3, 0.4) is 0 Å². The molecular weight excluding hydrogens is 250 g/mol. The molecular formula is C16H21N3O. The molecule has 2 heterocycles. The van der Waals surface area contributed by atoms with Gasteiger partial charge in [-0.1, -0.05) is 30.3 Å². The van der Waals surface area contributed by atoms with Crippen molar-refractivity contribution in [3.8, 4) is 0 Å². The van der Waals surface area contributed by atoms with Crippen molar-refractivity contribution in [3.05, 3.63) is 35.9 Å². The highest BCUT2D eigenvalue weighted by Crippen LogP contribution is 2.31. The summed E-state index contributed by atoms with van der Waals surface area (Å²) in [7, 11) is 2.11. The van der Waals surface area contributed by atoms with Crippen molar-refractivity contribution in [2.45, 2.75) is 25.3 Å². The third-order valence-electron chi connectivity index (χ3n) is 4.31. The second kappa shape index (κ2) is 5.75. The Labute approximate surface area is 120 Å². The van der Waals surface area contributed by atoms with Crippen LogP contribution in [0.4, 0.5) is 0 Å². The fourth-order valence-corrected chi connectivity index (χ4v) is 3.02. The van der Waals surface area contributed by atoms with Gasteiger partial charge in [0.05, 0.1) is 6.04 Å². The minimum Gasteiger partial charge on any atom is -0.306 e. The van der Waals surface area contributed by atoms with Crippen LogP contribution in [0.1, 0.15) is 30.9 Å². The van der Waals surface area contributed by atoms with E-state index in [1.54, 1.807) is 5.01 Å². The van der Waals surface area contributed by atoms with Gasteiger partial charge < -0.3 is 4.90 Å². The molecule has 0 N–H and O–H groups in total. The zero-order valence-electron chi connectivity index (χ0n) is 11.9. The van der Waals surface area contributed by atoms with Crippen molar-refractivity contribution in [1.29, 1.82) is 0 Å². The average Bonchev–Trinajstić information content (AvgIpc) is 2.97. The van der Waals surface area contributed by atoms with E-state index in [9.17, 15) is 4.79 Å². The third kappa shape index (κ3) is 2.61. The summed E-state index contributed by atoms with van der Waals surface area (Å²) in [5.74, 6) is 0.327. The number of hydrogen-bond acceptors (Lipinski definition) is 3. The monoisotopic (exact) mass is 271 g/mol. The molecule has 1 saturated heterocycles. The molecule has 0 aliphatic carbocycles. The number of piperidine rings is 1. The van der Waals surface area contributed by atoms with Gasteiger partial charge in [-0.2, -0.15) is 5.10 Å². The SMILES string of the molecule is CN1CCC(C(=O)N2N=CCC2c2ccccc2)CC1. The summed E-state index contributed by atoms with van der Waals surface area (Å²) in [6.45, 7) is 2.01. The number of nitrogens with zero attached hydrogens (tertiary/aromatic N) is 3. The first-order chi connectivity index (χ1) is 9.75. The second-order valence-corrected chi connectivity index (χ2v) is 5.72. The van der Waals surface area contributed by atoms with Gasteiger partial charge in [0, 0.05) is 18.6 Å². The van der Waals surface area contributed by atoms with Crippen molar-refractivity contribution in [2.24, 2.45) is 11.0 Å². The lowest BCUT2D eigenvalue weighted by Gasteiger charge is -2.31. The molecule has 1 atom stereocenters. The first-order valence-corrected chi connectivity index (χ1v) is 7.34. The topological polar surface area (TPSA) is 35.9 Å². The largest absolute Gasteiger partial charge is 0.306 e. The Morgan fingerprint density at radius 1 is 1.20 bits per heavy atom. The third-order valence-corrected chi connectivity index (χ3v) is 4.31. The van der Waals surface area contributed by atoms with E-state index in [2.05, 4.69) is 29.2 Å². The lowest BCUT2D eigenvalue weighted by molar-refractivity contribution is -0.138. The molecule has 1 unspecified atom stereocenters. The zero-order valence-corrected chi connectivity index (χ0v) is 11.9. The van der Waals surface area contributed by atoms with Crippen molar-refractivity contribution >= 4 is 12.1 Å². The quantitative estimate of drug-likeness (QED) is 0.827. The van der Waals surface area contributed by atoms with Crippen molar-refractivity contribution < 1.29 is 4.79 Å². The summed E-state index contributed by atoms with van der Waals surface area (Å²) in [6, 6.07) is 10.3. The molecule has 3 rings (SSSR count). The van der Waals surface area contributed by atoms with Gasteiger partial charge in [-0.15, -0.1) is 0 Å². The number of amides is 1. The molecule has 2 aliphatic heterocycles. The van der Waals surface area contributed by atoms with Crippen LogP contribution in [0.25, 0.3) is 0 Å². The first-order valence-electron chi connectivity index (χ1n) is 7.34. The predicted octanol–water partition coefficient (Wildman–Crippen LogP) is 2.29. The Hall–Kier alpha value is -1.68. The Morgan fingerprint density at radius 2 is 1.90 bits per heavy atom. The summed E-state index contributed by atoms with van der Waals surface area (Å²) >= 11 is 0. The van der Waals surface area contributed by atoms with Gasteiger partial charge in [0.15, 0.2) is 0 Å². The highest BCUT2D eigenvalue weighted by molar-refractivity contribution is 5.82. The molecule has 20 heavy (non-hydrogen) atoms. The van der Waals surface area contributed by atoms with Gasteiger partial charge >= 0.3 is 0 Å². The lowest BCUT2D eigenvalue weighted by Crippen LogP contribution is -2.39. The number of likely N-dealkylation sites (tertiary alicyclic amines) is 1. The minimum atomic E-state index is 0.0864. The summed E-state index contributed by atoms with van der Waals surface area (Å²) in [5.41, 5.74) is 1.17. The molecule has 1 amide bonds. The number of benzene rings is 1. The molecule has 2 aliphatic rings. The van der Waals surface area contributed by atoms with E-state index in [-0.39, 0.29) is 17.9 Å². The van der Waals surface area contributed by atoms with Crippen LogP contribution in [0.5, 0.6) is 0 Å².